The summed E-state index contributed by atoms with van der Waals surface area (Å²) in [7, 11) is -2.31. The fraction of sp³-hybridized carbons (Fsp3) is 0.714. The Morgan fingerprint density at radius 3 is 2.35 bits per heavy atom. The van der Waals surface area contributed by atoms with Gasteiger partial charge in [-0.25, -0.2) is 17.8 Å². The fourth-order valence-corrected chi connectivity index (χ4v) is 4.15. The molecule has 0 aliphatic carbocycles. The van der Waals surface area contributed by atoms with Crippen molar-refractivity contribution >= 4 is 49.2 Å². The normalized spacial score (nSPS) is 13.0. The second-order valence-electron chi connectivity index (χ2n) is 3.74. The third-order valence-corrected chi connectivity index (χ3v) is 5.67. The van der Waals surface area contributed by atoms with E-state index in [9.17, 15) is 8.42 Å². The van der Waals surface area contributed by atoms with Gasteiger partial charge in [-0.3, -0.25) is 0 Å². The Morgan fingerprint density at radius 2 is 2.00 bits per heavy atom. The first kappa shape index (κ1) is 15.2. The molecule has 0 bridgehead atoms. The van der Waals surface area contributed by atoms with Gasteiger partial charge in [0.15, 0.2) is 4.60 Å². The molecule has 0 radical (unpaired) electrons. The van der Waals surface area contributed by atoms with Gasteiger partial charge in [0.1, 0.15) is 0 Å². The van der Waals surface area contributed by atoms with E-state index in [1.807, 2.05) is 0 Å². The summed E-state index contributed by atoms with van der Waals surface area (Å²) in [5, 5.41) is 7.14. The second kappa shape index (κ2) is 5.40. The first-order valence-electron chi connectivity index (χ1n) is 4.47. The number of aryl methyl sites for hydroxylation is 1. The van der Waals surface area contributed by atoms with Crippen molar-refractivity contribution in [2.24, 2.45) is 7.05 Å². The predicted octanol–water partition coefficient (Wildman–Crippen LogP) is 1.09. The molecule has 0 aliphatic heterocycles. The second-order valence-corrected chi connectivity index (χ2v) is 6.63. The van der Waals surface area contributed by atoms with Crippen molar-refractivity contribution in [2.75, 3.05) is 11.8 Å². The van der Waals surface area contributed by atoms with Gasteiger partial charge in [0.25, 0.3) is 10.0 Å². The Hall–Kier alpha value is 0.110. The van der Waals surface area contributed by atoms with Gasteiger partial charge in [-0.2, -0.15) is 0 Å². The summed E-state index contributed by atoms with van der Waals surface area (Å²) in [5.74, 6) is 0.108. The zero-order valence-electron chi connectivity index (χ0n) is 9.11. The van der Waals surface area contributed by atoms with Crippen molar-refractivity contribution in [1.29, 1.82) is 0 Å². The highest BCUT2D eigenvalue weighted by Gasteiger charge is 2.32. The number of rotatable bonds is 5. The van der Waals surface area contributed by atoms with Gasteiger partial charge in [-0.15, -0.1) is 28.3 Å². The highest BCUT2D eigenvalue weighted by Crippen LogP contribution is 2.20. The number of alkyl halides is 2. The summed E-state index contributed by atoms with van der Waals surface area (Å²) in [6.45, 7) is 1.61. The highest BCUT2D eigenvalue weighted by atomic mass is 79.9. The van der Waals surface area contributed by atoms with Crippen LogP contribution in [0, 0.1) is 0 Å². The molecule has 1 heterocycles. The van der Waals surface area contributed by atoms with Crippen LogP contribution in [-0.2, 0) is 17.1 Å². The Kier molecular flexibility index (Phi) is 4.81. The third kappa shape index (κ3) is 3.31. The van der Waals surface area contributed by atoms with Gasteiger partial charge in [0.2, 0.25) is 5.03 Å². The van der Waals surface area contributed by atoms with Crippen LogP contribution < -0.4 is 4.72 Å². The lowest BCUT2D eigenvalue weighted by Gasteiger charge is -2.25. The minimum atomic E-state index is -3.79. The van der Waals surface area contributed by atoms with Gasteiger partial charge in [-0.1, -0.05) is 5.21 Å². The molecule has 0 amide bonds. The van der Waals surface area contributed by atoms with E-state index in [1.165, 1.54) is 7.05 Å². The molecule has 10 heteroatoms. The van der Waals surface area contributed by atoms with Gasteiger partial charge in [0.05, 0.1) is 5.54 Å². The molecule has 0 aliphatic rings. The molecule has 0 unspecified atom stereocenters. The standard InChI is InChI=1S/C7H11BrCl2N4O2S/c1-7(3-9,4-10)12-17(15,16)6-5(8)11-13-14(6)2/h12H,3-4H2,1-2H3. The van der Waals surface area contributed by atoms with E-state index in [2.05, 4.69) is 31.0 Å². The maximum absolute atomic E-state index is 12.1. The molecule has 0 saturated heterocycles. The number of hydrogen-bond donors (Lipinski definition) is 1. The molecule has 0 saturated carbocycles. The first-order valence-corrected chi connectivity index (χ1v) is 7.81. The number of aromatic nitrogens is 3. The topological polar surface area (TPSA) is 76.9 Å². The number of halogens is 3. The third-order valence-electron chi connectivity index (χ3n) is 1.96. The number of nitrogens with zero attached hydrogens (tertiary/aromatic N) is 3. The van der Waals surface area contributed by atoms with Crippen molar-refractivity contribution in [1.82, 2.24) is 19.7 Å². The van der Waals surface area contributed by atoms with E-state index in [0.29, 0.717) is 0 Å². The molecule has 6 nitrogen and oxygen atoms in total. The predicted molar refractivity (Wildman–Crippen MR) is 68.9 cm³/mol. The van der Waals surface area contributed by atoms with Crippen LogP contribution >= 0.6 is 39.1 Å². The molecular formula is C7H11BrCl2N4O2S. The Labute approximate surface area is 118 Å². The molecular weight excluding hydrogens is 355 g/mol. The molecule has 0 fully saturated rings. The monoisotopic (exact) mass is 364 g/mol. The zero-order valence-corrected chi connectivity index (χ0v) is 13.0. The molecule has 1 aromatic rings. The smallest absolute Gasteiger partial charge is 0.235 e. The zero-order chi connectivity index (χ0) is 13.3. The molecule has 0 spiro atoms. The summed E-state index contributed by atoms with van der Waals surface area (Å²) >= 11 is 14.4. The Morgan fingerprint density at radius 1 is 1.47 bits per heavy atom. The quantitative estimate of drug-likeness (QED) is 0.792. The average Bonchev–Trinajstić information content (AvgIpc) is 2.58. The van der Waals surface area contributed by atoms with Crippen molar-refractivity contribution in [3.63, 3.8) is 0 Å². The van der Waals surface area contributed by atoms with Crippen molar-refractivity contribution in [2.45, 2.75) is 17.5 Å². The number of hydrogen-bond acceptors (Lipinski definition) is 4. The van der Waals surface area contributed by atoms with E-state index in [4.69, 9.17) is 23.2 Å². The molecule has 0 atom stereocenters. The van der Waals surface area contributed by atoms with Crippen molar-refractivity contribution < 1.29 is 8.42 Å². The molecule has 0 aromatic carbocycles. The Balaban J connectivity index is 3.14. The maximum atomic E-state index is 12.1. The van der Waals surface area contributed by atoms with Gasteiger partial charge < -0.3 is 0 Å². The van der Waals surface area contributed by atoms with Crippen LogP contribution in [0.5, 0.6) is 0 Å². The van der Waals surface area contributed by atoms with Gasteiger partial charge in [-0.05, 0) is 22.9 Å². The summed E-state index contributed by atoms with van der Waals surface area (Å²) in [6, 6.07) is 0. The summed E-state index contributed by atoms with van der Waals surface area (Å²) in [5.41, 5.74) is -0.925. The van der Waals surface area contributed by atoms with Crippen molar-refractivity contribution in [3.8, 4) is 0 Å². The molecule has 98 valence electrons. The van der Waals surface area contributed by atoms with E-state index >= 15 is 0 Å². The largest absolute Gasteiger partial charge is 0.261 e. The van der Waals surface area contributed by atoms with E-state index in [1.54, 1.807) is 6.92 Å². The van der Waals surface area contributed by atoms with Crippen molar-refractivity contribution in [3.05, 3.63) is 4.60 Å². The van der Waals surface area contributed by atoms with Gasteiger partial charge >= 0.3 is 0 Å². The van der Waals surface area contributed by atoms with E-state index in [0.717, 1.165) is 4.68 Å². The SMILES string of the molecule is Cn1nnc(Br)c1S(=O)(=O)NC(C)(CCl)CCl. The molecule has 1 N–H and O–H groups in total. The van der Waals surface area contributed by atoms with Gasteiger partial charge in [0, 0.05) is 18.8 Å². The Bertz CT molecular complexity index is 480. The molecule has 17 heavy (non-hydrogen) atoms. The maximum Gasteiger partial charge on any atom is 0.261 e. The minimum Gasteiger partial charge on any atom is -0.235 e. The molecule has 1 rings (SSSR count). The summed E-state index contributed by atoms with van der Waals surface area (Å²) in [6.07, 6.45) is 0. The number of sulfonamides is 1. The highest BCUT2D eigenvalue weighted by molar-refractivity contribution is 9.10. The summed E-state index contributed by atoms with van der Waals surface area (Å²) in [4.78, 5) is 0. The van der Waals surface area contributed by atoms with Crippen LogP contribution in [0.1, 0.15) is 6.92 Å². The van der Waals surface area contributed by atoms with E-state index < -0.39 is 15.6 Å². The van der Waals surface area contributed by atoms with Crippen LogP contribution in [0.2, 0.25) is 0 Å². The van der Waals surface area contributed by atoms with Crippen LogP contribution in [0.3, 0.4) is 0 Å². The van der Waals surface area contributed by atoms with E-state index in [-0.39, 0.29) is 21.4 Å². The molecule has 1 aromatic heterocycles. The number of nitrogens with one attached hydrogen (secondary N) is 1. The van der Waals surface area contributed by atoms with Crippen LogP contribution in [0.25, 0.3) is 0 Å². The summed E-state index contributed by atoms with van der Waals surface area (Å²) < 4.78 is 27.9. The lowest BCUT2D eigenvalue weighted by Crippen LogP contribution is -2.49. The lowest BCUT2D eigenvalue weighted by atomic mass is 10.1. The lowest BCUT2D eigenvalue weighted by molar-refractivity contribution is 0.492. The fourth-order valence-electron chi connectivity index (χ4n) is 1.07. The first-order chi connectivity index (χ1) is 7.75. The van der Waals surface area contributed by atoms with Crippen LogP contribution in [0.4, 0.5) is 0 Å². The minimum absolute atomic E-state index is 0.0542. The van der Waals surface area contributed by atoms with Crippen LogP contribution in [-0.4, -0.2) is 40.7 Å². The van der Waals surface area contributed by atoms with Crippen LogP contribution in [0.15, 0.2) is 9.63 Å². The average molecular weight is 366 g/mol.